The van der Waals surface area contributed by atoms with Crippen molar-refractivity contribution in [2.75, 3.05) is 0 Å². The fraction of sp³-hybridized carbons (Fsp3) is 0.556. The summed E-state index contributed by atoms with van der Waals surface area (Å²) in [6.45, 7) is 10.4. The number of fused-ring (bicyclic) bond motifs is 1. The molecule has 8 heteroatoms. The Balaban J connectivity index is 2.25. The van der Waals surface area contributed by atoms with Crippen LogP contribution in [0.2, 0.25) is 0 Å². The van der Waals surface area contributed by atoms with E-state index in [1.807, 2.05) is 0 Å². The maximum absolute atomic E-state index is 12.5. The van der Waals surface area contributed by atoms with E-state index in [9.17, 15) is 9.59 Å². The first-order chi connectivity index (χ1) is 11.9. The number of rotatable bonds is 2. The van der Waals surface area contributed by atoms with Gasteiger partial charge in [-0.05, 0) is 59.2 Å². The standard InChI is InChI=1S/C18H27N3O5/c1-17(2,3)24-15(22)21(16(23)25-18(4,5)6)10-11-7-8-13-12(9-11)14(19)20-26-13/h7-9,14,20H,10,19H2,1-6H3. The average Bonchev–Trinajstić information content (AvgIpc) is 2.82. The minimum Gasteiger partial charge on any atom is -0.443 e. The van der Waals surface area contributed by atoms with Crippen molar-refractivity contribution in [3.63, 3.8) is 0 Å². The van der Waals surface area contributed by atoms with Gasteiger partial charge in [0.15, 0.2) is 5.75 Å². The van der Waals surface area contributed by atoms with Crippen LogP contribution in [-0.4, -0.2) is 28.3 Å². The molecule has 0 bridgehead atoms. The zero-order chi connectivity index (χ0) is 19.7. The summed E-state index contributed by atoms with van der Waals surface area (Å²) >= 11 is 0. The van der Waals surface area contributed by atoms with E-state index >= 15 is 0 Å². The van der Waals surface area contributed by atoms with Gasteiger partial charge < -0.3 is 20.0 Å². The lowest BCUT2D eigenvalue weighted by Gasteiger charge is -2.28. The van der Waals surface area contributed by atoms with Gasteiger partial charge in [0.2, 0.25) is 0 Å². The number of nitrogens with zero attached hydrogens (tertiary/aromatic N) is 1. The number of benzene rings is 1. The summed E-state index contributed by atoms with van der Waals surface area (Å²) in [5.41, 5.74) is 8.52. The molecule has 1 aliphatic rings. The first-order valence-electron chi connectivity index (χ1n) is 8.40. The molecule has 0 radical (unpaired) electrons. The first kappa shape index (κ1) is 20.0. The quantitative estimate of drug-likeness (QED) is 0.829. The Hall–Kier alpha value is -2.32. The molecule has 26 heavy (non-hydrogen) atoms. The second-order valence-electron chi connectivity index (χ2n) is 8.12. The molecular formula is C18H27N3O5. The Bertz CT molecular complexity index is 663. The third kappa shape index (κ3) is 5.34. The van der Waals surface area contributed by atoms with Gasteiger partial charge in [0, 0.05) is 5.56 Å². The van der Waals surface area contributed by atoms with Gasteiger partial charge >= 0.3 is 12.2 Å². The van der Waals surface area contributed by atoms with Crippen LogP contribution in [0.1, 0.15) is 58.8 Å². The molecule has 1 unspecified atom stereocenters. The van der Waals surface area contributed by atoms with Crippen molar-refractivity contribution in [2.45, 2.75) is 65.5 Å². The molecule has 0 spiro atoms. The molecule has 2 rings (SSSR count). The van der Waals surface area contributed by atoms with Crippen LogP contribution in [0.5, 0.6) is 5.75 Å². The van der Waals surface area contributed by atoms with Crippen LogP contribution in [0.4, 0.5) is 9.59 Å². The zero-order valence-corrected chi connectivity index (χ0v) is 16.1. The molecule has 1 aliphatic heterocycles. The summed E-state index contributed by atoms with van der Waals surface area (Å²) in [7, 11) is 0. The minimum atomic E-state index is -0.772. The SMILES string of the molecule is CC(C)(C)OC(=O)N(Cc1ccc2c(c1)C(N)NO2)C(=O)OC(C)(C)C. The number of nitrogens with one attached hydrogen (secondary N) is 1. The number of carbonyl (C=O) groups excluding carboxylic acids is 2. The van der Waals surface area contributed by atoms with Gasteiger partial charge in [-0.1, -0.05) is 6.07 Å². The number of amides is 2. The summed E-state index contributed by atoms with van der Waals surface area (Å²) in [5.74, 6) is 0.613. The number of hydrogen-bond donors (Lipinski definition) is 2. The van der Waals surface area contributed by atoms with Crippen LogP contribution >= 0.6 is 0 Å². The van der Waals surface area contributed by atoms with Crippen LogP contribution in [0, 0.1) is 0 Å². The summed E-state index contributed by atoms with van der Waals surface area (Å²) in [6.07, 6.45) is -2.02. The van der Waals surface area contributed by atoms with Gasteiger partial charge in [0.05, 0.1) is 6.54 Å². The molecule has 0 fully saturated rings. The van der Waals surface area contributed by atoms with Gasteiger partial charge in [-0.2, -0.15) is 0 Å². The van der Waals surface area contributed by atoms with Crippen LogP contribution < -0.4 is 16.1 Å². The zero-order valence-electron chi connectivity index (χ0n) is 16.1. The molecule has 8 nitrogen and oxygen atoms in total. The molecular weight excluding hydrogens is 338 g/mol. The normalized spacial score (nSPS) is 16.5. The van der Waals surface area contributed by atoms with Crippen molar-refractivity contribution in [3.05, 3.63) is 29.3 Å². The van der Waals surface area contributed by atoms with Crippen molar-refractivity contribution >= 4 is 12.2 Å². The predicted molar refractivity (Wildman–Crippen MR) is 95.1 cm³/mol. The topological polar surface area (TPSA) is 103 Å². The molecule has 1 atom stereocenters. The van der Waals surface area contributed by atoms with Crippen LogP contribution in [0.3, 0.4) is 0 Å². The predicted octanol–water partition coefficient (Wildman–Crippen LogP) is 3.21. The Labute approximate surface area is 153 Å². The summed E-state index contributed by atoms with van der Waals surface area (Å²) < 4.78 is 10.7. The van der Waals surface area contributed by atoms with Gasteiger partial charge in [-0.3, -0.25) is 0 Å². The highest BCUT2D eigenvalue weighted by Crippen LogP contribution is 2.29. The molecule has 0 saturated carbocycles. The highest BCUT2D eigenvalue weighted by molar-refractivity contribution is 5.88. The fourth-order valence-corrected chi connectivity index (χ4v) is 2.24. The summed E-state index contributed by atoms with van der Waals surface area (Å²) in [6, 6.07) is 5.26. The van der Waals surface area contributed by atoms with Gasteiger partial charge in [0.1, 0.15) is 17.4 Å². The van der Waals surface area contributed by atoms with Gasteiger partial charge in [0.25, 0.3) is 0 Å². The summed E-state index contributed by atoms with van der Waals surface area (Å²) in [4.78, 5) is 31.2. The van der Waals surface area contributed by atoms with E-state index in [1.165, 1.54) is 0 Å². The van der Waals surface area contributed by atoms with E-state index in [0.29, 0.717) is 11.3 Å². The van der Waals surface area contributed by atoms with Crippen molar-refractivity contribution in [2.24, 2.45) is 5.73 Å². The Morgan fingerprint density at radius 3 is 2.15 bits per heavy atom. The molecule has 1 aromatic carbocycles. The van der Waals surface area contributed by atoms with E-state index < -0.39 is 29.6 Å². The molecule has 3 N–H and O–H groups in total. The number of nitrogens with two attached hydrogens (primary N) is 1. The highest BCUT2D eigenvalue weighted by Gasteiger charge is 2.32. The first-order valence-corrected chi connectivity index (χ1v) is 8.40. The van der Waals surface area contributed by atoms with Crippen LogP contribution in [0.25, 0.3) is 0 Å². The molecule has 1 aromatic rings. The van der Waals surface area contributed by atoms with Crippen LogP contribution in [0.15, 0.2) is 18.2 Å². The third-order valence-electron chi connectivity index (χ3n) is 3.27. The van der Waals surface area contributed by atoms with E-state index in [1.54, 1.807) is 59.7 Å². The molecule has 144 valence electrons. The van der Waals surface area contributed by atoms with E-state index in [0.717, 1.165) is 10.5 Å². The number of ether oxygens (including phenoxy) is 2. The number of imide groups is 1. The van der Waals surface area contributed by atoms with E-state index in [4.69, 9.17) is 20.0 Å². The van der Waals surface area contributed by atoms with Crippen LogP contribution in [-0.2, 0) is 16.0 Å². The second-order valence-corrected chi connectivity index (χ2v) is 8.12. The third-order valence-corrected chi connectivity index (χ3v) is 3.27. The molecule has 2 amide bonds. The Morgan fingerprint density at radius 2 is 1.65 bits per heavy atom. The second kappa shape index (κ2) is 7.13. The maximum Gasteiger partial charge on any atom is 0.420 e. The monoisotopic (exact) mass is 365 g/mol. The molecule has 0 saturated heterocycles. The van der Waals surface area contributed by atoms with Crippen molar-refractivity contribution in [3.8, 4) is 5.75 Å². The highest BCUT2D eigenvalue weighted by atomic mass is 16.7. The fourth-order valence-electron chi connectivity index (χ4n) is 2.24. The summed E-state index contributed by atoms with van der Waals surface area (Å²) in [5, 5.41) is 0. The van der Waals surface area contributed by atoms with Crippen molar-refractivity contribution in [1.29, 1.82) is 0 Å². The van der Waals surface area contributed by atoms with Gasteiger partial charge in [-0.15, -0.1) is 5.48 Å². The number of carbonyl (C=O) groups is 2. The van der Waals surface area contributed by atoms with Crippen molar-refractivity contribution in [1.82, 2.24) is 10.4 Å². The van der Waals surface area contributed by atoms with E-state index in [2.05, 4.69) is 5.48 Å². The lowest BCUT2D eigenvalue weighted by atomic mass is 10.1. The van der Waals surface area contributed by atoms with Gasteiger partial charge in [-0.25, -0.2) is 14.5 Å². The molecule has 0 aliphatic carbocycles. The number of hydroxylamine groups is 1. The Morgan fingerprint density at radius 1 is 1.12 bits per heavy atom. The lowest BCUT2D eigenvalue weighted by Crippen LogP contribution is -2.43. The molecule has 0 aromatic heterocycles. The maximum atomic E-state index is 12.5. The average molecular weight is 365 g/mol. The minimum absolute atomic E-state index is 0.0101. The Kier molecular flexibility index (Phi) is 5.48. The smallest absolute Gasteiger partial charge is 0.420 e. The van der Waals surface area contributed by atoms with E-state index in [-0.39, 0.29) is 6.54 Å². The lowest BCUT2D eigenvalue weighted by molar-refractivity contribution is -0.000247. The largest absolute Gasteiger partial charge is 0.443 e. The number of hydrogen-bond acceptors (Lipinski definition) is 7. The van der Waals surface area contributed by atoms with Crippen molar-refractivity contribution < 1.29 is 23.9 Å². The molecule has 1 heterocycles.